The summed E-state index contributed by atoms with van der Waals surface area (Å²) in [5.41, 5.74) is 0.0160. The van der Waals surface area contributed by atoms with Gasteiger partial charge in [-0.3, -0.25) is 14.5 Å². The maximum Gasteiger partial charge on any atom is 0.220 e. The fourth-order valence-electron chi connectivity index (χ4n) is 5.99. The Labute approximate surface area is 146 Å². The minimum atomic E-state index is -1.02. The van der Waals surface area contributed by atoms with Crippen LogP contribution in [0.2, 0.25) is 0 Å². The van der Waals surface area contributed by atoms with Gasteiger partial charge in [-0.05, 0) is 49.8 Å². The summed E-state index contributed by atoms with van der Waals surface area (Å²) in [4.78, 5) is 27.5. The Morgan fingerprint density at radius 1 is 1.24 bits per heavy atom. The van der Waals surface area contributed by atoms with Gasteiger partial charge in [-0.1, -0.05) is 12.2 Å². The van der Waals surface area contributed by atoms with E-state index in [0.717, 1.165) is 30.2 Å². The van der Waals surface area contributed by atoms with Gasteiger partial charge >= 0.3 is 0 Å². The van der Waals surface area contributed by atoms with E-state index in [-0.39, 0.29) is 17.6 Å². The van der Waals surface area contributed by atoms with E-state index in [0.29, 0.717) is 25.0 Å². The number of allylic oxidation sites excluding steroid dienone is 3. The van der Waals surface area contributed by atoms with E-state index in [1.54, 1.807) is 0 Å². The molecule has 130 valence electrons. The molecule has 3 fully saturated rings. The molecular formula is C20H21NO4. The number of Topliss-reactive ketones (excluding diaryl/α,β-unsaturated/α-hetero) is 1. The molecule has 2 saturated carbocycles. The number of carbonyl (C=O) groups excluding carboxylic acids is 2. The number of hydrogen-bond acceptors (Lipinski definition) is 5. The normalized spacial score (nSPS) is 44.6. The van der Waals surface area contributed by atoms with E-state index in [1.165, 1.54) is 18.9 Å². The number of nitrogens with zero attached hydrogens (tertiary/aromatic N) is 1. The Morgan fingerprint density at radius 2 is 2.08 bits per heavy atom. The second kappa shape index (κ2) is 4.33. The van der Waals surface area contributed by atoms with Crippen molar-refractivity contribution in [2.75, 3.05) is 13.1 Å². The number of carbonyl (C=O) groups is 2. The Kier molecular flexibility index (Phi) is 2.50. The number of aliphatic hydroxyl groups is 1. The molecule has 6 rings (SSSR count). The molecule has 6 aliphatic rings. The van der Waals surface area contributed by atoms with Gasteiger partial charge in [-0.15, -0.1) is 0 Å². The van der Waals surface area contributed by atoms with Crippen LogP contribution in [0.5, 0.6) is 0 Å². The lowest BCUT2D eigenvalue weighted by Crippen LogP contribution is -2.73. The van der Waals surface area contributed by atoms with Crippen molar-refractivity contribution < 1.29 is 19.4 Å². The molecule has 2 aliphatic heterocycles. The van der Waals surface area contributed by atoms with Gasteiger partial charge in [0, 0.05) is 18.5 Å². The molecule has 1 unspecified atom stereocenters. The Morgan fingerprint density at radius 3 is 2.88 bits per heavy atom. The van der Waals surface area contributed by atoms with Gasteiger partial charge in [0.25, 0.3) is 0 Å². The van der Waals surface area contributed by atoms with Gasteiger partial charge in [0.15, 0.2) is 17.6 Å². The first kappa shape index (κ1) is 14.4. The Bertz CT molecular complexity index is 820. The molecule has 0 amide bonds. The molecule has 25 heavy (non-hydrogen) atoms. The van der Waals surface area contributed by atoms with E-state index in [4.69, 9.17) is 4.74 Å². The molecule has 1 spiro atoms. The molecule has 1 N–H and O–H groups in total. The molecular weight excluding hydrogens is 318 g/mol. The van der Waals surface area contributed by atoms with E-state index >= 15 is 0 Å². The second-order valence-electron chi connectivity index (χ2n) is 8.52. The van der Waals surface area contributed by atoms with E-state index in [2.05, 4.69) is 11.0 Å². The standard InChI is InChI=1S/C20H21NO4/c22-13-4-3-12-9-15-20(24)6-5-14(23)18-19(20,16(12)17(13)25-18)7-8-21(15)10-11-1-2-11/h3-4,9,11,15,18,24H,1-2,5-8,10H2/t15-,18?,19+,20-/m1/s1. The van der Waals surface area contributed by atoms with Crippen LogP contribution in [-0.4, -0.2) is 52.4 Å². The van der Waals surface area contributed by atoms with Crippen LogP contribution in [0.4, 0.5) is 0 Å². The van der Waals surface area contributed by atoms with Crippen molar-refractivity contribution in [1.29, 1.82) is 0 Å². The van der Waals surface area contributed by atoms with E-state index < -0.39 is 17.1 Å². The lowest BCUT2D eigenvalue weighted by Gasteiger charge is -2.62. The smallest absolute Gasteiger partial charge is 0.220 e. The zero-order chi connectivity index (χ0) is 17.0. The zero-order valence-electron chi connectivity index (χ0n) is 14.0. The minimum Gasteiger partial charge on any atom is -0.477 e. The topological polar surface area (TPSA) is 66.8 Å². The SMILES string of the molecule is O=C1C=CC2=C[C@H]3N(CC4CC4)CC[C@]45C2=C1OC4C(=O)CC[C@@]35O. The maximum atomic E-state index is 12.7. The minimum absolute atomic E-state index is 0.0301. The molecule has 0 aromatic rings. The lowest BCUT2D eigenvalue weighted by molar-refractivity contribution is -0.199. The van der Waals surface area contributed by atoms with Crippen LogP contribution < -0.4 is 0 Å². The summed E-state index contributed by atoms with van der Waals surface area (Å²) < 4.78 is 5.95. The quantitative estimate of drug-likeness (QED) is 0.821. The van der Waals surface area contributed by atoms with Crippen LogP contribution in [0.3, 0.4) is 0 Å². The number of hydrogen-bond donors (Lipinski definition) is 1. The van der Waals surface area contributed by atoms with Crippen LogP contribution in [0.25, 0.3) is 0 Å². The van der Waals surface area contributed by atoms with Crippen LogP contribution in [0.1, 0.15) is 32.1 Å². The predicted octanol–water partition coefficient (Wildman–Crippen LogP) is 1.28. The van der Waals surface area contributed by atoms with Crippen LogP contribution in [-0.2, 0) is 14.3 Å². The van der Waals surface area contributed by atoms with E-state index in [9.17, 15) is 14.7 Å². The van der Waals surface area contributed by atoms with Crippen molar-refractivity contribution in [2.45, 2.75) is 49.9 Å². The molecule has 2 bridgehead atoms. The number of likely N-dealkylation sites (tertiary alicyclic amines) is 1. The monoisotopic (exact) mass is 339 g/mol. The highest BCUT2D eigenvalue weighted by molar-refractivity contribution is 6.08. The highest BCUT2D eigenvalue weighted by atomic mass is 16.5. The Balaban J connectivity index is 1.58. The number of ketones is 2. The molecule has 5 heteroatoms. The average molecular weight is 339 g/mol. The summed E-state index contributed by atoms with van der Waals surface area (Å²) in [6, 6.07) is -0.1000. The molecule has 5 nitrogen and oxygen atoms in total. The highest BCUT2D eigenvalue weighted by Crippen LogP contribution is 2.65. The number of rotatable bonds is 2. The summed E-state index contributed by atoms with van der Waals surface area (Å²) in [5, 5.41) is 11.9. The van der Waals surface area contributed by atoms with Crippen molar-refractivity contribution in [1.82, 2.24) is 4.90 Å². The lowest BCUT2D eigenvalue weighted by atomic mass is 9.48. The largest absolute Gasteiger partial charge is 0.477 e. The fraction of sp³-hybridized carbons (Fsp3) is 0.600. The first-order valence-corrected chi connectivity index (χ1v) is 9.40. The molecule has 4 aliphatic carbocycles. The van der Waals surface area contributed by atoms with Gasteiger partial charge in [0.2, 0.25) is 5.78 Å². The third kappa shape index (κ3) is 1.53. The van der Waals surface area contributed by atoms with Gasteiger partial charge in [0.1, 0.15) is 0 Å². The molecule has 0 aromatic heterocycles. The van der Waals surface area contributed by atoms with Crippen molar-refractivity contribution in [3.63, 3.8) is 0 Å². The third-order valence-electron chi connectivity index (χ3n) is 7.30. The molecule has 1 saturated heterocycles. The number of piperidine rings is 1. The second-order valence-corrected chi connectivity index (χ2v) is 8.52. The summed E-state index contributed by atoms with van der Waals surface area (Å²) in [6.45, 7) is 1.86. The summed E-state index contributed by atoms with van der Waals surface area (Å²) in [5.74, 6) is 0.904. The van der Waals surface area contributed by atoms with Crippen molar-refractivity contribution >= 4 is 11.6 Å². The first-order valence-electron chi connectivity index (χ1n) is 9.40. The first-order chi connectivity index (χ1) is 12.0. The van der Waals surface area contributed by atoms with Gasteiger partial charge < -0.3 is 9.84 Å². The summed E-state index contributed by atoms with van der Waals surface area (Å²) in [6.07, 6.45) is 8.82. The molecule has 4 atom stereocenters. The van der Waals surface area contributed by atoms with Crippen LogP contribution >= 0.6 is 0 Å². The van der Waals surface area contributed by atoms with Gasteiger partial charge in [-0.2, -0.15) is 0 Å². The third-order valence-corrected chi connectivity index (χ3v) is 7.30. The zero-order valence-corrected chi connectivity index (χ0v) is 14.0. The van der Waals surface area contributed by atoms with Crippen molar-refractivity contribution in [2.24, 2.45) is 11.3 Å². The average Bonchev–Trinajstić information content (AvgIpc) is 3.32. The van der Waals surface area contributed by atoms with Crippen molar-refractivity contribution in [3.8, 4) is 0 Å². The molecule has 2 heterocycles. The van der Waals surface area contributed by atoms with E-state index in [1.807, 2.05) is 6.08 Å². The van der Waals surface area contributed by atoms with Gasteiger partial charge in [-0.25, -0.2) is 0 Å². The predicted molar refractivity (Wildman–Crippen MR) is 88.5 cm³/mol. The molecule has 0 aromatic carbocycles. The Hall–Kier alpha value is -1.72. The summed E-state index contributed by atoms with van der Waals surface area (Å²) >= 11 is 0. The van der Waals surface area contributed by atoms with Crippen LogP contribution in [0, 0.1) is 11.3 Å². The molecule has 0 radical (unpaired) electrons. The van der Waals surface area contributed by atoms with Crippen molar-refractivity contribution in [3.05, 3.63) is 35.1 Å². The van der Waals surface area contributed by atoms with Gasteiger partial charge in [0.05, 0.1) is 17.1 Å². The van der Waals surface area contributed by atoms with Crippen LogP contribution in [0.15, 0.2) is 35.1 Å². The summed E-state index contributed by atoms with van der Waals surface area (Å²) in [7, 11) is 0. The maximum absolute atomic E-state index is 12.7. The highest BCUT2D eigenvalue weighted by Gasteiger charge is 2.73. The number of ether oxygens (including phenoxy) is 1. The fourth-order valence-corrected chi connectivity index (χ4v) is 5.99.